The van der Waals surface area contributed by atoms with E-state index in [2.05, 4.69) is 60.4 Å². The summed E-state index contributed by atoms with van der Waals surface area (Å²) in [6, 6.07) is 35.0. The number of carbonyl (C=O) groups is 1. The van der Waals surface area contributed by atoms with Gasteiger partial charge in [0.1, 0.15) is 5.69 Å². The molecule has 2 heterocycles. The number of piperazine rings is 2. The lowest BCUT2D eigenvalue weighted by atomic mass is 9.98. The van der Waals surface area contributed by atoms with Gasteiger partial charge in [-0.15, -0.1) is 11.8 Å². The van der Waals surface area contributed by atoms with E-state index < -0.39 is 26.5 Å². The number of nitrogens with one attached hydrogen (secondary N) is 3. The first-order chi connectivity index (χ1) is 29.9. The number of halogens is 1. The van der Waals surface area contributed by atoms with Crippen molar-refractivity contribution in [3.63, 3.8) is 0 Å². The summed E-state index contributed by atoms with van der Waals surface area (Å²) in [5.74, 6) is -0.188. The Kier molecular flexibility index (Phi) is 15.1. The summed E-state index contributed by atoms with van der Waals surface area (Å²) in [6.07, 6.45) is 0.703. The average Bonchev–Trinajstić information content (AvgIpc) is 3.28. The molecule has 1 atom stereocenters. The van der Waals surface area contributed by atoms with Crippen molar-refractivity contribution in [1.82, 2.24) is 19.8 Å². The lowest BCUT2D eigenvalue weighted by Crippen LogP contribution is -2.46. The highest BCUT2D eigenvalue weighted by molar-refractivity contribution is 7.99. The summed E-state index contributed by atoms with van der Waals surface area (Å²) in [6.45, 7) is 8.65. The van der Waals surface area contributed by atoms with E-state index in [0.29, 0.717) is 17.2 Å². The lowest BCUT2D eigenvalue weighted by molar-refractivity contribution is -0.384. The molecule has 7 rings (SSSR count). The normalized spacial score (nSPS) is 15.4. The largest absolute Gasteiger partial charge is 0.376 e. The second kappa shape index (κ2) is 20.8. The first-order valence-corrected chi connectivity index (χ1v) is 23.6. The number of nitrogens with zero attached hydrogens (tertiary/aromatic N) is 5. The van der Waals surface area contributed by atoms with Gasteiger partial charge in [0.05, 0.1) is 9.82 Å². The van der Waals surface area contributed by atoms with Gasteiger partial charge in [-0.2, -0.15) is 0 Å². The van der Waals surface area contributed by atoms with Gasteiger partial charge >= 0.3 is 0 Å². The van der Waals surface area contributed by atoms with Gasteiger partial charge < -0.3 is 25.3 Å². The molecule has 0 aromatic heterocycles. The monoisotopic (exact) mass is 896 g/mol. The van der Waals surface area contributed by atoms with Crippen molar-refractivity contribution in [3.8, 4) is 11.1 Å². The smallest absolute Gasteiger partial charge is 0.293 e. The molecule has 326 valence electrons. The summed E-state index contributed by atoms with van der Waals surface area (Å²) in [4.78, 5) is 34.8. The summed E-state index contributed by atoms with van der Waals surface area (Å²) >= 11 is 7.86. The van der Waals surface area contributed by atoms with Gasteiger partial charge in [-0.3, -0.25) is 19.8 Å². The van der Waals surface area contributed by atoms with Crippen LogP contribution in [0.15, 0.2) is 125 Å². The SMILES string of the molecule is CN(C)CC[C@H](CSc1ccccc1)Nc1ccc(S(=O)(=O)NC(=O)c2ccc(N3CCN(Cc4cc(N5CCNCC5)ccc4-c4ccc(Cl)cc4)CC3)cc2)cc1[N+](=O)[O-]. The highest BCUT2D eigenvalue weighted by atomic mass is 35.5. The molecule has 2 saturated heterocycles. The lowest BCUT2D eigenvalue weighted by Gasteiger charge is -2.37. The van der Waals surface area contributed by atoms with Crippen LogP contribution < -0.4 is 25.2 Å². The van der Waals surface area contributed by atoms with Crippen LogP contribution >= 0.6 is 23.4 Å². The molecule has 2 aliphatic heterocycles. The van der Waals surface area contributed by atoms with E-state index in [4.69, 9.17) is 11.6 Å². The predicted molar refractivity (Wildman–Crippen MR) is 251 cm³/mol. The number of rotatable bonds is 17. The predicted octanol–water partition coefficient (Wildman–Crippen LogP) is 7.29. The summed E-state index contributed by atoms with van der Waals surface area (Å²) in [5.41, 5.74) is 5.72. The van der Waals surface area contributed by atoms with Gasteiger partial charge in [0, 0.05) is 104 Å². The molecule has 16 heteroatoms. The van der Waals surface area contributed by atoms with Crippen LogP contribution in [0.1, 0.15) is 22.3 Å². The zero-order chi connectivity index (χ0) is 43.6. The average molecular weight is 898 g/mol. The van der Waals surface area contributed by atoms with Gasteiger partial charge in [0.25, 0.3) is 21.6 Å². The molecular weight excluding hydrogens is 844 g/mol. The molecule has 5 aromatic carbocycles. The Bertz CT molecular complexity index is 2410. The maximum atomic E-state index is 13.4. The molecule has 3 N–H and O–H groups in total. The van der Waals surface area contributed by atoms with E-state index in [9.17, 15) is 23.3 Å². The number of benzene rings is 5. The number of nitro groups is 1. The summed E-state index contributed by atoms with van der Waals surface area (Å²) in [7, 11) is -0.519. The maximum absolute atomic E-state index is 13.4. The fourth-order valence-corrected chi connectivity index (χ4v) is 9.82. The van der Waals surface area contributed by atoms with E-state index in [1.807, 2.05) is 73.6 Å². The molecule has 5 aromatic rings. The fraction of sp³-hybridized carbons (Fsp3) is 0.326. The van der Waals surface area contributed by atoms with Crippen molar-refractivity contribution in [2.45, 2.75) is 28.8 Å². The topological polar surface area (TPSA) is 143 Å². The van der Waals surface area contributed by atoms with Gasteiger partial charge in [0.15, 0.2) is 0 Å². The second-order valence-electron chi connectivity index (χ2n) is 15.8. The third kappa shape index (κ3) is 11.8. The van der Waals surface area contributed by atoms with Crippen molar-refractivity contribution in [1.29, 1.82) is 0 Å². The number of thioether (sulfide) groups is 1. The van der Waals surface area contributed by atoms with Crippen molar-refractivity contribution in [2.24, 2.45) is 0 Å². The van der Waals surface area contributed by atoms with E-state index in [1.54, 1.807) is 23.9 Å². The van der Waals surface area contributed by atoms with Crippen LogP contribution in [-0.4, -0.2) is 114 Å². The van der Waals surface area contributed by atoms with Crippen LogP contribution in [0.25, 0.3) is 11.1 Å². The number of nitro benzene ring substituents is 1. The van der Waals surface area contributed by atoms with E-state index in [-0.39, 0.29) is 22.2 Å². The zero-order valence-corrected chi connectivity index (χ0v) is 37.4. The zero-order valence-electron chi connectivity index (χ0n) is 35.0. The minimum absolute atomic E-state index is 0.144. The third-order valence-electron chi connectivity index (χ3n) is 11.2. The second-order valence-corrected chi connectivity index (χ2v) is 19.0. The first-order valence-electron chi connectivity index (χ1n) is 20.8. The van der Waals surface area contributed by atoms with E-state index in [0.717, 1.165) is 87.7 Å². The van der Waals surface area contributed by atoms with Crippen molar-refractivity contribution >= 4 is 62.0 Å². The Morgan fingerprint density at radius 2 is 1.53 bits per heavy atom. The Hall–Kier alpha value is -5.16. The molecule has 0 bridgehead atoms. The van der Waals surface area contributed by atoms with Crippen molar-refractivity contribution < 1.29 is 18.1 Å². The van der Waals surface area contributed by atoms with Gasteiger partial charge in [-0.1, -0.05) is 48.0 Å². The van der Waals surface area contributed by atoms with Crippen LogP contribution in [-0.2, 0) is 16.6 Å². The standard InChI is InChI=1S/C46H53ClN8O5S2/c1-51(2)23-20-38(33-61-41-6-4-3-5-7-41)49-44-19-17-42(31-45(44)55(57)58)62(59,60)50-46(56)35-10-14-39(15-11-35)54-28-26-52(27-29-54)32-36-30-40(53-24-21-48-22-25-53)16-18-43(36)34-8-12-37(47)13-9-34/h3-19,30-31,38,48-49H,20-29,32-33H2,1-2H3,(H,50,56)/t38-/m1/s1. The Labute approximate surface area is 373 Å². The minimum Gasteiger partial charge on any atom is -0.376 e. The van der Waals surface area contributed by atoms with Crippen LogP contribution in [0.3, 0.4) is 0 Å². The molecule has 0 aliphatic carbocycles. The molecule has 0 unspecified atom stereocenters. The van der Waals surface area contributed by atoms with E-state index in [1.165, 1.54) is 28.9 Å². The minimum atomic E-state index is -4.44. The molecule has 2 aliphatic rings. The Morgan fingerprint density at radius 1 is 0.855 bits per heavy atom. The van der Waals surface area contributed by atoms with Crippen LogP contribution in [0.5, 0.6) is 0 Å². The Morgan fingerprint density at radius 3 is 2.21 bits per heavy atom. The highest BCUT2D eigenvalue weighted by Gasteiger charge is 2.26. The fourth-order valence-electron chi connectivity index (χ4n) is 7.71. The van der Waals surface area contributed by atoms with Crippen LogP contribution in [0.2, 0.25) is 5.02 Å². The summed E-state index contributed by atoms with van der Waals surface area (Å²) < 4.78 is 29.0. The molecule has 0 saturated carbocycles. The quantitative estimate of drug-likeness (QED) is 0.0490. The number of amides is 1. The van der Waals surface area contributed by atoms with Crippen molar-refractivity contribution in [2.75, 3.05) is 93.9 Å². The third-order valence-corrected chi connectivity index (χ3v) is 13.9. The molecular formula is C46H53ClN8O5S2. The first kappa shape index (κ1) is 44.9. The van der Waals surface area contributed by atoms with E-state index >= 15 is 0 Å². The number of sulfonamides is 1. The number of hydrogen-bond acceptors (Lipinski definition) is 12. The molecule has 62 heavy (non-hydrogen) atoms. The van der Waals surface area contributed by atoms with Gasteiger partial charge in [-0.05, 0) is 117 Å². The summed E-state index contributed by atoms with van der Waals surface area (Å²) in [5, 5.41) is 19.7. The molecule has 2 fully saturated rings. The van der Waals surface area contributed by atoms with Gasteiger partial charge in [-0.25, -0.2) is 13.1 Å². The molecule has 0 radical (unpaired) electrons. The van der Waals surface area contributed by atoms with Crippen molar-refractivity contribution in [3.05, 3.63) is 142 Å². The molecule has 13 nitrogen and oxygen atoms in total. The molecule has 1 amide bonds. The van der Waals surface area contributed by atoms with Gasteiger partial charge in [0.2, 0.25) is 0 Å². The number of hydrogen-bond donors (Lipinski definition) is 3. The van der Waals surface area contributed by atoms with Crippen LogP contribution in [0, 0.1) is 10.1 Å². The number of carbonyl (C=O) groups excluding carboxylic acids is 1. The highest BCUT2D eigenvalue weighted by Crippen LogP contribution is 2.32. The number of anilines is 3. The maximum Gasteiger partial charge on any atom is 0.293 e. The molecule has 0 spiro atoms. The van der Waals surface area contributed by atoms with Crippen LogP contribution in [0.4, 0.5) is 22.7 Å². The Balaban J connectivity index is 0.969.